The van der Waals surface area contributed by atoms with Gasteiger partial charge in [-0.25, -0.2) is 0 Å². The van der Waals surface area contributed by atoms with E-state index in [2.05, 4.69) is 41.5 Å². The average Bonchev–Trinajstić information content (AvgIpc) is 2.32. The third kappa shape index (κ3) is 0.985. The second-order valence-electron chi connectivity index (χ2n) is 8.19. The van der Waals surface area contributed by atoms with Crippen molar-refractivity contribution in [2.24, 2.45) is 46.3 Å². The van der Waals surface area contributed by atoms with Crippen LogP contribution in [0.4, 0.5) is 0 Å². The minimum atomic E-state index is 0.520. The zero-order valence-electron chi connectivity index (χ0n) is 11.9. The second-order valence-corrected chi connectivity index (χ2v) is 8.19. The van der Waals surface area contributed by atoms with E-state index in [0.29, 0.717) is 10.8 Å². The molecule has 3 aliphatic carbocycles. The van der Waals surface area contributed by atoms with E-state index in [9.17, 15) is 0 Å². The summed E-state index contributed by atoms with van der Waals surface area (Å²) in [5, 5.41) is 0. The fraction of sp³-hybridized carbons (Fsp3) is 1.00. The molecule has 0 aromatic carbocycles. The van der Waals surface area contributed by atoms with E-state index < -0.39 is 0 Å². The van der Waals surface area contributed by atoms with Gasteiger partial charge in [-0.2, -0.15) is 0 Å². The molecular weight excluding hydrogens is 192 g/mol. The van der Waals surface area contributed by atoms with Crippen molar-refractivity contribution < 1.29 is 0 Å². The molecule has 6 atom stereocenters. The highest BCUT2D eigenvalue weighted by Crippen LogP contribution is 2.72. The summed E-state index contributed by atoms with van der Waals surface area (Å²) >= 11 is 0. The van der Waals surface area contributed by atoms with Crippen molar-refractivity contribution in [2.75, 3.05) is 0 Å². The Hall–Kier alpha value is 0. The van der Waals surface area contributed by atoms with Gasteiger partial charge in [0.1, 0.15) is 0 Å². The topological polar surface area (TPSA) is 0 Å². The molecule has 0 heterocycles. The van der Waals surface area contributed by atoms with Gasteiger partial charge >= 0.3 is 0 Å². The van der Waals surface area contributed by atoms with Gasteiger partial charge in [-0.1, -0.05) is 41.5 Å². The zero-order chi connectivity index (χ0) is 11.9. The molecule has 0 N–H and O–H groups in total. The lowest BCUT2D eigenvalue weighted by atomic mass is 9.54. The minimum absolute atomic E-state index is 0.520. The lowest BCUT2D eigenvalue weighted by Crippen LogP contribution is -2.44. The third-order valence-corrected chi connectivity index (χ3v) is 7.70. The normalized spacial score (nSPS) is 56.6. The van der Waals surface area contributed by atoms with Crippen LogP contribution >= 0.6 is 0 Å². The molecule has 0 saturated heterocycles. The highest BCUT2D eigenvalue weighted by molar-refractivity contribution is 5.14. The fourth-order valence-electron chi connectivity index (χ4n) is 5.73. The Balaban J connectivity index is 2.08. The molecule has 0 radical (unpaired) electrons. The Bertz CT molecular complexity index is 312. The van der Waals surface area contributed by atoms with E-state index in [0.717, 1.165) is 35.5 Å². The van der Waals surface area contributed by atoms with Gasteiger partial charge in [-0.3, -0.25) is 0 Å². The van der Waals surface area contributed by atoms with E-state index in [-0.39, 0.29) is 0 Å². The standard InChI is InChI=1S/C16H28/c1-9-7-13-12-8-11(14(9)12)10(2)15(3,4)16(13,5)6/h9-14H,7-8H2,1-6H3. The maximum absolute atomic E-state index is 2.56. The van der Waals surface area contributed by atoms with Gasteiger partial charge in [0.15, 0.2) is 0 Å². The summed E-state index contributed by atoms with van der Waals surface area (Å²) in [5.41, 5.74) is 1.05. The maximum atomic E-state index is 2.56. The van der Waals surface area contributed by atoms with Crippen molar-refractivity contribution in [3.05, 3.63) is 0 Å². The van der Waals surface area contributed by atoms with Crippen LogP contribution in [-0.2, 0) is 0 Å². The number of hydrogen-bond acceptors (Lipinski definition) is 0. The highest BCUT2D eigenvalue weighted by Gasteiger charge is 2.65. The van der Waals surface area contributed by atoms with E-state index >= 15 is 0 Å². The van der Waals surface area contributed by atoms with E-state index in [1.165, 1.54) is 6.42 Å². The van der Waals surface area contributed by atoms with Crippen LogP contribution < -0.4 is 0 Å². The molecule has 92 valence electrons. The SMILES string of the molecule is CC1CC2C3CC(C13)C(C)C(C)(C)C2(C)C. The summed E-state index contributed by atoms with van der Waals surface area (Å²) in [6.45, 7) is 15.3. The minimum Gasteiger partial charge on any atom is -0.0622 e. The Morgan fingerprint density at radius 3 is 2.06 bits per heavy atom. The lowest BCUT2D eigenvalue weighted by Gasteiger charge is -2.50. The quantitative estimate of drug-likeness (QED) is 0.560. The Kier molecular flexibility index (Phi) is 1.99. The molecule has 3 aliphatic rings. The van der Waals surface area contributed by atoms with Gasteiger partial charge < -0.3 is 0 Å². The molecule has 2 bridgehead atoms. The molecule has 3 fully saturated rings. The highest BCUT2D eigenvalue weighted by atomic mass is 14.7. The first-order valence-electron chi connectivity index (χ1n) is 7.28. The second kappa shape index (κ2) is 2.87. The average molecular weight is 220 g/mol. The smallest absolute Gasteiger partial charge is 0.0269 e. The Morgan fingerprint density at radius 1 is 0.812 bits per heavy atom. The van der Waals surface area contributed by atoms with Crippen molar-refractivity contribution in [3.8, 4) is 0 Å². The molecule has 0 aromatic heterocycles. The first kappa shape index (κ1) is 11.1. The molecule has 0 amide bonds. The molecule has 0 aromatic rings. The van der Waals surface area contributed by atoms with Gasteiger partial charge in [-0.05, 0) is 59.2 Å². The number of fused-ring (bicyclic) bond motifs is 2. The summed E-state index contributed by atoms with van der Waals surface area (Å²) < 4.78 is 0. The van der Waals surface area contributed by atoms with E-state index in [4.69, 9.17) is 0 Å². The number of hydrogen-bond donors (Lipinski definition) is 0. The Morgan fingerprint density at radius 2 is 1.44 bits per heavy atom. The van der Waals surface area contributed by atoms with Gasteiger partial charge in [0, 0.05) is 0 Å². The van der Waals surface area contributed by atoms with Gasteiger partial charge in [-0.15, -0.1) is 0 Å². The molecule has 0 nitrogen and oxygen atoms in total. The van der Waals surface area contributed by atoms with Crippen LogP contribution in [-0.4, -0.2) is 0 Å². The van der Waals surface area contributed by atoms with Crippen LogP contribution in [0.15, 0.2) is 0 Å². The first-order valence-corrected chi connectivity index (χ1v) is 7.28. The molecule has 3 saturated carbocycles. The molecular formula is C16H28. The number of rotatable bonds is 0. The summed E-state index contributed by atoms with van der Waals surface area (Å²) in [7, 11) is 0. The Labute approximate surface area is 101 Å². The van der Waals surface area contributed by atoms with Crippen molar-refractivity contribution >= 4 is 0 Å². The van der Waals surface area contributed by atoms with Crippen molar-refractivity contribution in [2.45, 2.75) is 54.4 Å². The largest absolute Gasteiger partial charge is 0.0622 e. The van der Waals surface area contributed by atoms with Gasteiger partial charge in [0.2, 0.25) is 0 Å². The summed E-state index contributed by atoms with van der Waals surface area (Å²) in [4.78, 5) is 0. The maximum Gasteiger partial charge on any atom is -0.0269 e. The van der Waals surface area contributed by atoms with Crippen molar-refractivity contribution in [1.82, 2.24) is 0 Å². The molecule has 16 heavy (non-hydrogen) atoms. The van der Waals surface area contributed by atoms with Crippen LogP contribution in [0.25, 0.3) is 0 Å². The first-order chi connectivity index (χ1) is 7.28. The van der Waals surface area contributed by atoms with Crippen molar-refractivity contribution in [1.29, 1.82) is 0 Å². The predicted octanol–water partition coefficient (Wildman–Crippen LogP) is 4.60. The molecule has 0 spiro atoms. The zero-order valence-corrected chi connectivity index (χ0v) is 11.9. The van der Waals surface area contributed by atoms with Gasteiger partial charge in [0.05, 0.1) is 0 Å². The van der Waals surface area contributed by atoms with Crippen molar-refractivity contribution in [3.63, 3.8) is 0 Å². The summed E-state index contributed by atoms with van der Waals surface area (Å²) in [5.74, 6) is 6.13. The predicted molar refractivity (Wildman–Crippen MR) is 69.1 cm³/mol. The van der Waals surface area contributed by atoms with E-state index in [1.807, 2.05) is 0 Å². The van der Waals surface area contributed by atoms with Crippen LogP contribution in [0.5, 0.6) is 0 Å². The lowest BCUT2D eigenvalue weighted by molar-refractivity contribution is -0.0205. The molecule has 6 unspecified atom stereocenters. The summed E-state index contributed by atoms with van der Waals surface area (Å²) in [6.07, 6.45) is 3.06. The third-order valence-electron chi connectivity index (χ3n) is 7.70. The molecule has 3 rings (SSSR count). The summed E-state index contributed by atoms with van der Waals surface area (Å²) in [6, 6.07) is 0. The van der Waals surface area contributed by atoms with E-state index in [1.54, 1.807) is 6.42 Å². The van der Waals surface area contributed by atoms with Crippen LogP contribution in [0.2, 0.25) is 0 Å². The monoisotopic (exact) mass is 220 g/mol. The molecule has 0 aliphatic heterocycles. The molecule has 0 heteroatoms. The van der Waals surface area contributed by atoms with Crippen LogP contribution in [0.1, 0.15) is 54.4 Å². The fourth-order valence-corrected chi connectivity index (χ4v) is 5.73. The van der Waals surface area contributed by atoms with Crippen LogP contribution in [0, 0.1) is 46.3 Å². The van der Waals surface area contributed by atoms with Gasteiger partial charge in [0.25, 0.3) is 0 Å². The van der Waals surface area contributed by atoms with Crippen LogP contribution in [0.3, 0.4) is 0 Å².